The molecule has 5 heteroatoms. The van der Waals surface area contributed by atoms with Crippen LogP contribution in [0.5, 0.6) is 0 Å². The molecule has 0 aliphatic carbocycles. The van der Waals surface area contributed by atoms with Gasteiger partial charge in [-0.2, -0.15) is 0 Å². The molecule has 1 saturated heterocycles. The topological polar surface area (TPSA) is 67.2 Å². The van der Waals surface area contributed by atoms with Gasteiger partial charge in [-0.15, -0.1) is 0 Å². The lowest BCUT2D eigenvalue weighted by molar-refractivity contribution is -0.122. The van der Waals surface area contributed by atoms with E-state index in [1.807, 2.05) is 24.3 Å². The third-order valence-corrected chi connectivity index (χ3v) is 5.20. The van der Waals surface area contributed by atoms with Gasteiger partial charge in [-0.05, 0) is 56.8 Å². The number of carbonyl (C=O) groups excluding carboxylic acids is 1. The highest BCUT2D eigenvalue weighted by Crippen LogP contribution is 2.22. The first-order valence-electron chi connectivity index (χ1n) is 9.60. The van der Waals surface area contributed by atoms with Crippen molar-refractivity contribution in [2.24, 2.45) is 11.8 Å². The summed E-state index contributed by atoms with van der Waals surface area (Å²) in [5, 5.41) is 6.44. The fraction of sp³-hybridized carbons (Fsp3) is 0.524. The molecule has 2 N–H and O–H groups in total. The molecular formula is C21H29N3O2. The second-order valence-electron chi connectivity index (χ2n) is 7.40. The molecule has 2 unspecified atom stereocenters. The van der Waals surface area contributed by atoms with Crippen LogP contribution in [0.3, 0.4) is 0 Å². The van der Waals surface area contributed by atoms with Gasteiger partial charge in [-0.1, -0.05) is 24.6 Å². The molecule has 2 atom stereocenters. The molecular weight excluding hydrogens is 326 g/mol. The maximum absolute atomic E-state index is 12.2. The molecule has 1 aliphatic rings. The Labute approximate surface area is 155 Å². The molecule has 1 fully saturated rings. The van der Waals surface area contributed by atoms with E-state index in [0.717, 1.165) is 24.3 Å². The molecule has 0 radical (unpaired) electrons. The van der Waals surface area contributed by atoms with Crippen LogP contribution in [-0.2, 0) is 11.2 Å². The number of hydrogen-bond donors (Lipinski definition) is 2. The standard InChI is InChI=1S/C21H29N3O2/c1-15-5-7-17(8-6-15)21-24-19(14-26-21)9-11-23-20(25)12-16(2)18-4-3-10-22-13-18/h5-8,14,16,18,22H,3-4,9-13H2,1-2H3,(H,23,25). The Morgan fingerprint density at radius 2 is 2.19 bits per heavy atom. The smallest absolute Gasteiger partial charge is 0.226 e. The Bertz CT molecular complexity index is 702. The number of aromatic nitrogens is 1. The number of amides is 1. The van der Waals surface area contributed by atoms with Gasteiger partial charge in [-0.3, -0.25) is 4.79 Å². The molecule has 140 valence electrons. The molecule has 2 heterocycles. The average Bonchev–Trinajstić information content (AvgIpc) is 3.12. The number of nitrogens with one attached hydrogen (secondary N) is 2. The number of aryl methyl sites for hydroxylation is 1. The van der Waals surface area contributed by atoms with Gasteiger partial charge in [0, 0.05) is 24.9 Å². The second-order valence-corrected chi connectivity index (χ2v) is 7.40. The minimum atomic E-state index is 0.130. The number of benzene rings is 1. The fourth-order valence-electron chi connectivity index (χ4n) is 3.48. The number of nitrogens with zero attached hydrogens (tertiary/aromatic N) is 1. The van der Waals surface area contributed by atoms with Crippen LogP contribution < -0.4 is 10.6 Å². The Balaban J connectivity index is 1.41. The van der Waals surface area contributed by atoms with Crippen LogP contribution in [-0.4, -0.2) is 30.5 Å². The summed E-state index contributed by atoms with van der Waals surface area (Å²) in [7, 11) is 0. The van der Waals surface area contributed by atoms with E-state index in [-0.39, 0.29) is 5.91 Å². The molecule has 0 bridgehead atoms. The third kappa shape index (κ3) is 5.18. The predicted octanol–water partition coefficient (Wildman–Crippen LogP) is 3.33. The Morgan fingerprint density at radius 1 is 1.38 bits per heavy atom. The maximum Gasteiger partial charge on any atom is 0.226 e. The monoisotopic (exact) mass is 355 g/mol. The molecule has 0 saturated carbocycles. The second kappa shape index (κ2) is 8.99. The molecule has 0 spiro atoms. The molecule has 2 aromatic rings. The van der Waals surface area contributed by atoms with Crippen LogP contribution in [0.25, 0.3) is 11.5 Å². The van der Waals surface area contributed by atoms with Gasteiger partial charge in [0.1, 0.15) is 6.26 Å². The molecule has 3 rings (SSSR count). The van der Waals surface area contributed by atoms with Crippen LogP contribution in [0.15, 0.2) is 34.9 Å². The average molecular weight is 355 g/mol. The van der Waals surface area contributed by atoms with Crippen molar-refractivity contribution in [3.63, 3.8) is 0 Å². The molecule has 1 aliphatic heterocycles. The Morgan fingerprint density at radius 3 is 2.92 bits per heavy atom. The quantitative estimate of drug-likeness (QED) is 0.799. The van der Waals surface area contributed by atoms with Crippen molar-refractivity contribution < 1.29 is 9.21 Å². The summed E-state index contributed by atoms with van der Waals surface area (Å²) in [6, 6.07) is 8.10. The van der Waals surface area contributed by atoms with Crippen molar-refractivity contribution >= 4 is 5.91 Å². The summed E-state index contributed by atoms with van der Waals surface area (Å²) in [6.45, 7) is 6.98. The number of rotatable bonds is 7. The van der Waals surface area contributed by atoms with Crippen molar-refractivity contribution in [1.29, 1.82) is 0 Å². The van der Waals surface area contributed by atoms with Crippen LogP contribution in [0, 0.1) is 18.8 Å². The summed E-state index contributed by atoms with van der Waals surface area (Å²) >= 11 is 0. The number of hydrogen-bond acceptors (Lipinski definition) is 4. The first-order chi connectivity index (χ1) is 12.6. The van der Waals surface area contributed by atoms with Gasteiger partial charge in [0.15, 0.2) is 0 Å². The van der Waals surface area contributed by atoms with Crippen molar-refractivity contribution in [3.8, 4) is 11.5 Å². The highest BCUT2D eigenvalue weighted by atomic mass is 16.3. The third-order valence-electron chi connectivity index (χ3n) is 5.20. The molecule has 1 amide bonds. The Kier molecular flexibility index (Phi) is 6.45. The molecule has 5 nitrogen and oxygen atoms in total. The molecule has 26 heavy (non-hydrogen) atoms. The SMILES string of the molecule is Cc1ccc(-c2nc(CCNC(=O)CC(C)C3CCCNC3)co2)cc1. The zero-order valence-corrected chi connectivity index (χ0v) is 15.8. The number of piperidine rings is 1. The normalized spacial score (nSPS) is 18.5. The zero-order chi connectivity index (χ0) is 18.4. The van der Waals surface area contributed by atoms with E-state index in [4.69, 9.17) is 4.42 Å². The van der Waals surface area contributed by atoms with E-state index in [0.29, 0.717) is 37.1 Å². The zero-order valence-electron chi connectivity index (χ0n) is 15.8. The number of carbonyl (C=O) groups is 1. The van der Waals surface area contributed by atoms with Crippen LogP contribution in [0.1, 0.15) is 37.4 Å². The fourth-order valence-corrected chi connectivity index (χ4v) is 3.48. The summed E-state index contributed by atoms with van der Waals surface area (Å²) in [6.07, 6.45) is 5.40. The predicted molar refractivity (Wildman–Crippen MR) is 103 cm³/mol. The van der Waals surface area contributed by atoms with E-state index in [9.17, 15) is 4.79 Å². The van der Waals surface area contributed by atoms with Crippen molar-refractivity contribution in [2.75, 3.05) is 19.6 Å². The Hall–Kier alpha value is -2.14. The van der Waals surface area contributed by atoms with Crippen molar-refractivity contribution in [2.45, 2.75) is 39.5 Å². The molecule has 1 aromatic carbocycles. The van der Waals surface area contributed by atoms with Gasteiger partial charge in [0.2, 0.25) is 11.8 Å². The van der Waals surface area contributed by atoms with Gasteiger partial charge in [0.05, 0.1) is 5.69 Å². The van der Waals surface area contributed by atoms with E-state index in [1.165, 1.54) is 18.4 Å². The summed E-state index contributed by atoms with van der Waals surface area (Å²) in [4.78, 5) is 16.7. The molecule has 1 aromatic heterocycles. The van der Waals surface area contributed by atoms with Gasteiger partial charge < -0.3 is 15.1 Å². The van der Waals surface area contributed by atoms with Crippen molar-refractivity contribution in [3.05, 3.63) is 41.8 Å². The van der Waals surface area contributed by atoms with Crippen LogP contribution >= 0.6 is 0 Å². The largest absolute Gasteiger partial charge is 0.444 e. The highest BCUT2D eigenvalue weighted by Gasteiger charge is 2.21. The van der Waals surface area contributed by atoms with E-state index >= 15 is 0 Å². The van der Waals surface area contributed by atoms with Crippen LogP contribution in [0.4, 0.5) is 0 Å². The minimum absolute atomic E-state index is 0.130. The minimum Gasteiger partial charge on any atom is -0.444 e. The lowest BCUT2D eigenvalue weighted by atomic mass is 9.85. The van der Waals surface area contributed by atoms with Crippen molar-refractivity contribution in [1.82, 2.24) is 15.6 Å². The van der Waals surface area contributed by atoms with E-state index < -0.39 is 0 Å². The summed E-state index contributed by atoms with van der Waals surface area (Å²) < 4.78 is 5.56. The maximum atomic E-state index is 12.2. The first kappa shape index (κ1) is 18.6. The van der Waals surface area contributed by atoms with Gasteiger partial charge in [0.25, 0.3) is 0 Å². The van der Waals surface area contributed by atoms with E-state index in [1.54, 1.807) is 6.26 Å². The lowest BCUT2D eigenvalue weighted by Crippen LogP contribution is -2.36. The summed E-state index contributed by atoms with van der Waals surface area (Å²) in [5.74, 6) is 1.79. The van der Waals surface area contributed by atoms with Gasteiger partial charge >= 0.3 is 0 Å². The van der Waals surface area contributed by atoms with E-state index in [2.05, 4.69) is 29.5 Å². The lowest BCUT2D eigenvalue weighted by Gasteiger charge is -2.28. The van der Waals surface area contributed by atoms with Crippen LogP contribution in [0.2, 0.25) is 0 Å². The van der Waals surface area contributed by atoms with Gasteiger partial charge in [-0.25, -0.2) is 4.98 Å². The number of oxazole rings is 1. The highest BCUT2D eigenvalue weighted by molar-refractivity contribution is 5.76. The first-order valence-corrected chi connectivity index (χ1v) is 9.60. The summed E-state index contributed by atoms with van der Waals surface area (Å²) in [5.41, 5.74) is 3.05.